The zero-order valence-electron chi connectivity index (χ0n) is 12.9. The van der Waals surface area contributed by atoms with Crippen LogP contribution in [0.2, 0.25) is 0 Å². The molecule has 2 saturated heterocycles. The number of rotatable bonds is 8. The Morgan fingerprint density at radius 1 is 1.00 bits per heavy atom. The van der Waals surface area contributed by atoms with E-state index in [2.05, 4.69) is 22.0 Å². The first-order chi connectivity index (χ1) is 9.40. The molecule has 0 saturated carbocycles. The molecule has 3 nitrogen and oxygen atoms in total. The van der Waals surface area contributed by atoms with E-state index in [1.165, 1.54) is 90.8 Å². The topological polar surface area (TPSA) is 18.5 Å². The minimum Gasteiger partial charge on any atom is -0.317 e. The van der Waals surface area contributed by atoms with Gasteiger partial charge in [-0.15, -0.1) is 0 Å². The van der Waals surface area contributed by atoms with E-state index in [-0.39, 0.29) is 0 Å². The van der Waals surface area contributed by atoms with Gasteiger partial charge >= 0.3 is 0 Å². The fraction of sp³-hybridized carbons (Fsp3) is 1.00. The van der Waals surface area contributed by atoms with Crippen molar-refractivity contribution in [1.29, 1.82) is 0 Å². The molecule has 112 valence electrons. The molecule has 0 bridgehead atoms. The van der Waals surface area contributed by atoms with Crippen molar-refractivity contribution in [1.82, 2.24) is 15.1 Å². The minimum absolute atomic E-state index is 0.874. The van der Waals surface area contributed by atoms with Crippen LogP contribution in [0.1, 0.15) is 51.9 Å². The molecule has 3 heteroatoms. The van der Waals surface area contributed by atoms with Crippen LogP contribution in [0.25, 0.3) is 0 Å². The normalized spacial score (nSPS) is 26.1. The van der Waals surface area contributed by atoms with Gasteiger partial charge in [-0.05, 0) is 77.8 Å². The Morgan fingerprint density at radius 2 is 1.84 bits per heavy atom. The van der Waals surface area contributed by atoms with E-state index in [4.69, 9.17) is 0 Å². The molecule has 1 unspecified atom stereocenters. The van der Waals surface area contributed by atoms with Gasteiger partial charge in [0.25, 0.3) is 0 Å². The number of nitrogens with zero attached hydrogens (tertiary/aromatic N) is 2. The molecule has 2 heterocycles. The summed E-state index contributed by atoms with van der Waals surface area (Å²) < 4.78 is 0. The number of likely N-dealkylation sites (tertiary alicyclic amines) is 2. The first kappa shape index (κ1) is 15.3. The number of piperidine rings is 1. The van der Waals surface area contributed by atoms with Crippen molar-refractivity contribution in [3.8, 4) is 0 Å². The summed E-state index contributed by atoms with van der Waals surface area (Å²) in [5, 5.41) is 3.49. The molecule has 2 rings (SSSR count). The highest BCUT2D eigenvalue weighted by Crippen LogP contribution is 2.20. The molecule has 19 heavy (non-hydrogen) atoms. The molecule has 2 aliphatic heterocycles. The van der Waals surface area contributed by atoms with Crippen LogP contribution >= 0.6 is 0 Å². The fourth-order valence-corrected chi connectivity index (χ4v) is 3.48. The number of nitrogens with one attached hydrogen (secondary N) is 1. The highest BCUT2D eigenvalue weighted by atomic mass is 15.3. The van der Waals surface area contributed by atoms with Crippen LogP contribution in [0.15, 0.2) is 0 Å². The van der Waals surface area contributed by atoms with Crippen LogP contribution in [0.5, 0.6) is 0 Å². The standard InChI is InChI=1S/C16H33N3/c1-2-9-17-10-4-7-11-18-14-8-16(15-18)19-12-5-3-6-13-19/h16-17H,2-15H2,1H3. The van der Waals surface area contributed by atoms with Crippen LogP contribution in [-0.2, 0) is 0 Å². The predicted molar refractivity (Wildman–Crippen MR) is 82.7 cm³/mol. The third-order valence-electron chi connectivity index (χ3n) is 4.66. The number of unbranched alkanes of at least 4 members (excludes halogenated alkanes) is 1. The molecule has 2 aliphatic rings. The lowest BCUT2D eigenvalue weighted by molar-refractivity contribution is 0.162. The van der Waals surface area contributed by atoms with Crippen LogP contribution in [-0.4, -0.2) is 61.7 Å². The van der Waals surface area contributed by atoms with Gasteiger partial charge < -0.3 is 10.2 Å². The van der Waals surface area contributed by atoms with E-state index >= 15 is 0 Å². The molecule has 1 atom stereocenters. The first-order valence-electron chi connectivity index (χ1n) is 8.57. The molecule has 0 amide bonds. The lowest BCUT2D eigenvalue weighted by Gasteiger charge is -2.32. The maximum Gasteiger partial charge on any atom is 0.0235 e. The summed E-state index contributed by atoms with van der Waals surface area (Å²) >= 11 is 0. The smallest absolute Gasteiger partial charge is 0.0235 e. The van der Waals surface area contributed by atoms with Crippen molar-refractivity contribution < 1.29 is 0 Å². The first-order valence-corrected chi connectivity index (χ1v) is 8.57. The molecule has 1 N–H and O–H groups in total. The van der Waals surface area contributed by atoms with E-state index < -0.39 is 0 Å². The lowest BCUT2D eigenvalue weighted by atomic mass is 10.1. The highest BCUT2D eigenvalue weighted by Gasteiger charge is 2.27. The van der Waals surface area contributed by atoms with Gasteiger partial charge in [0.05, 0.1) is 0 Å². The molecular formula is C16H33N3. The Labute approximate surface area is 119 Å². The summed E-state index contributed by atoms with van der Waals surface area (Å²) in [6.07, 6.45) is 9.68. The van der Waals surface area contributed by atoms with Gasteiger partial charge in [-0.3, -0.25) is 4.90 Å². The summed E-state index contributed by atoms with van der Waals surface area (Å²) in [7, 11) is 0. The van der Waals surface area contributed by atoms with Crippen LogP contribution in [0.4, 0.5) is 0 Å². The van der Waals surface area contributed by atoms with Gasteiger partial charge in [0.1, 0.15) is 0 Å². The fourth-order valence-electron chi connectivity index (χ4n) is 3.48. The minimum atomic E-state index is 0.874. The lowest BCUT2D eigenvalue weighted by Crippen LogP contribution is -2.40. The average molecular weight is 267 g/mol. The zero-order valence-corrected chi connectivity index (χ0v) is 12.9. The molecular weight excluding hydrogens is 234 g/mol. The van der Waals surface area contributed by atoms with Crippen molar-refractivity contribution in [3.05, 3.63) is 0 Å². The van der Waals surface area contributed by atoms with E-state index in [0.717, 1.165) is 6.04 Å². The Morgan fingerprint density at radius 3 is 2.63 bits per heavy atom. The van der Waals surface area contributed by atoms with Gasteiger partial charge in [-0.1, -0.05) is 13.3 Å². The Hall–Kier alpha value is -0.120. The number of hydrogen-bond acceptors (Lipinski definition) is 3. The maximum atomic E-state index is 3.49. The van der Waals surface area contributed by atoms with Gasteiger partial charge in [0.2, 0.25) is 0 Å². The molecule has 0 spiro atoms. The molecule has 0 aromatic carbocycles. The summed E-state index contributed by atoms with van der Waals surface area (Å²) in [5.41, 5.74) is 0. The van der Waals surface area contributed by atoms with Crippen LogP contribution in [0, 0.1) is 0 Å². The molecule has 0 aromatic rings. The van der Waals surface area contributed by atoms with Crippen LogP contribution < -0.4 is 5.32 Å². The second-order valence-corrected chi connectivity index (χ2v) is 6.30. The largest absolute Gasteiger partial charge is 0.317 e. The second kappa shape index (κ2) is 8.93. The molecule has 2 fully saturated rings. The Bertz CT molecular complexity index is 226. The predicted octanol–water partition coefficient (Wildman–Crippen LogP) is 2.33. The van der Waals surface area contributed by atoms with Gasteiger partial charge in [0, 0.05) is 12.6 Å². The van der Waals surface area contributed by atoms with E-state index in [1.54, 1.807) is 0 Å². The van der Waals surface area contributed by atoms with Gasteiger partial charge in [-0.2, -0.15) is 0 Å². The quantitative estimate of drug-likeness (QED) is 0.681. The monoisotopic (exact) mass is 267 g/mol. The van der Waals surface area contributed by atoms with Gasteiger partial charge in [0.15, 0.2) is 0 Å². The second-order valence-electron chi connectivity index (χ2n) is 6.30. The molecule has 0 radical (unpaired) electrons. The van der Waals surface area contributed by atoms with Crippen molar-refractivity contribution >= 4 is 0 Å². The van der Waals surface area contributed by atoms with Crippen molar-refractivity contribution in [2.24, 2.45) is 0 Å². The zero-order chi connectivity index (χ0) is 13.3. The SMILES string of the molecule is CCCNCCCCN1CCC(N2CCCCC2)C1. The third kappa shape index (κ3) is 5.41. The van der Waals surface area contributed by atoms with E-state index in [1.807, 2.05) is 0 Å². The third-order valence-corrected chi connectivity index (χ3v) is 4.66. The highest BCUT2D eigenvalue weighted by molar-refractivity contribution is 4.84. The Balaban J connectivity index is 1.52. The van der Waals surface area contributed by atoms with Gasteiger partial charge in [-0.25, -0.2) is 0 Å². The number of hydrogen-bond donors (Lipinski definition) is 1. The van der Waals surface area contributed by atoms with Crippen molar-refractivity contribution in [2.75, 3.05) is 45.8 Å². The van der Waals surface area contributed by atoms with Crippen molar-refractivity contribution in [2.45, 2.75) is 57.9 Å². The summed E-state index contributed by atoms with van der Waals surface area (Å²) in [5.74, 6) is 0. The van der Waals surface area contributed by atoms with E-state index in [9.17, 15) is 0 Å². The van der Waals surface area contributed by atoms with E-state index in [0.29, 0.717) is 0 Å². The summed E-state index contributed by atoms with van der Waals surface area (Å²) in [4.78, 5) is 5.45. The maximum absolute atomic E-state index is 3.49. The van der Waals surface area contributed by atoms with Crippen molar-refractivity contribution in [3.63, 3.8) is 0 Å². The van der Waals surface area contributed by atoms with Crippen LogP contribution in [0.3, 0.4) is 0 Å². The Kier molecular flexibility index (Phi) is 7.18. The molecule has 0 aromatic heterocycles. The molecule has 0 aliphatic carbocycles. The summed E-state index contributed by atoms with van der Waals surface area (Å²) in [6.45, 7) is 11.3. The average Bonchev–Trinajstić information content (AvgIpc) is 2.92. The summed E-state index contributed by atoms with van der Waals surface area (Å²) in [6, 6.07) is 0.874.